The van der Waals surface area contributed by atoms with Gasteiger partial charge in [-0.2, -0.15) is 0 Å². The van der Waals surface area contributed by atoms with Crippen molar-refractivity contribution < 1.29 is 33.3 Å². The zero-order valence-electron chi connectivity index (χ0n) is 19.8. The lowest BCUT2D eigenvalue weighted by atomic mass is 9.86. The molecule has 188 valence electrons. The smallest absolute Gasteiger partial charge is 0.309 e. The van der Waals surface area contributed by atoms with Crippen LogP contribution in [0.25, 0.3) is 0 Å². The monoisotopic (exact) mass is 494 g/mol. The summed E-state index contributed by atoms with van der Waals surface area (Å²) in [7, 11) is 1.42. The van der Waals surface area contributed by atoms with Gasteiger partial charge in [-0.1, -0.05) is 30.3 Å². The van der Waals surface area contributed by atoms with Gasteiger partial charge in [0.15, 0.2) is 11.5 Å². The largest absolute Gasteiger partial charge is 0.504 e. The number of nitrogens with one attached hydrogen (secondary N) is 1. The van der Waals surface area contributed by atoms with E-state index in [1.165, 1.54) is 25.3 Å². The van der Waals surface area contributed by atoms with Crippen molar-refractivity contribution in [2.45, 2.75) is 38.3 Å². The number of benzene rings is 2. The molecule has 4 rings (SSSR count). The molecule has 2 N–H and O–H groups in total. The molecule has 1 amide bonds. The normalized spacial score (nSPS) is 17.2. The molecule has 1 fully saturated rings. The molecule has 8 nitrogen and oxygen atoms in total. The Bertz CT molecular complexity index is 1210. The first-order chi connectivity index (χ1) is 17.4. The number of hydrogen-bond acceptors (Lipinski definition) is 7. The second kappa shape index (κ2) is 11.5. The lowest BCUT2D eigenvalue weighted by Gasteiger charge is -2.28. The number of nitrogens with zero attached hydrogens (tertiary/aromatic N) is 1. The summed E-state index contributed by atoms with van der Waals surface area (Å²) in [6, 6.07) is 14.7. The maximum absolute atomic E-state index is 13.9. The molecule has 0 atom stereocenters. The number of aromatic nitrogens is 1. The molecule has 1 aliphatic rings. The fourth-order valence-corrected chi connectivity index (χ4v) is 4.10. The van der Waals surface area contributed by atoms with Crippen LogP contribution in [0.4, 0.5) is 4.39 Å². The van der Waals surface area contributed by atoms with Gasteiger partial charge in [0.2, 0.25) is 5.88 Å². The highest BCUT2D eigenvalue weighted by Crippen LogP contribution is 2.33. The van der Waals surface area contributed by atoms with Crippen LogP contribution in [0.2, 0.25) is 0 Å². The van der Waals surface area contributed by atoms with Crippen molar-refractivity contribution in [3.8, 4) is 23.1 Å². The third-order valence-corrected chi connectivity index (χ3v) is 6.05. The molecule has 0 unspecified atom stereocenters. The lowest BCUT2D eigenvalue weighted by molar-refractivity contribution is -0.151. The van der Waals surface area contributed by atoms with Gasteiger partial charge in [0, 0.05) is 12.1 Å². The van der Waals surface area contributed by atoms with Crippen LogP contribution < -0.4 is 14.8 Å². The van der Waals surface area contributed by atoms with Gasteiger partial charge in [0.25, 0.3) is 5.91 Å². The SMILES string of the molecule is COc1ccc(Oc2ncc(F)cc2C(=O)NC2CCC(C(=O)OCc3ccccc3)CC2)cc1O. The van der Waals surface area contributed by atoms with Crippen LogP contribution in [0, 0.1) is 11.7 Å². The van der Waals surface area contributed by atoms with E-state index in [4.69, 9.17) is 14.2 Å². The Morgan fingerprint density at radius 2 is 1.83 bits per heavy atom. The van der Waals surface area contributed by atoms with Gasteiger partial charge in [0.05, 0.1) is 19.2 Å². The van der Waals surface area contributed by atoms with Crippen molar-refractivity contribution in [3.63, 3.8) is 0 Å². The Kier molecular flexibility index (Phi) is 7.99. The number of halogens is 1. The second-order valence-corrected chi connectivity index (χ2v) is 8.56. The van der Waals surface area contributed by atoms with Crippen LogP contribution in [0.1, 0.15) is 41.6 Å². The summed E-state index contributed by atoms with van der Waals surface area (Å²) in [5, 5.41) is 12.9. The van der Waals surface area contributed by atoms with E-state index in [2.05, 4.69) is 10.3 Å². The molecule has 0 spiro atoms. The van der Waals surface area contributed by atoms with Gasteiger partial charge in [0.1, 0.15) is 23.7 Å². The summed E-state index contributed by atoms with van der Waals surface area (Å²) in [6.07, 6.45) is 3.27. The molecule has 3 aromatic rings. The van der Waals surface area contributed by atoms with Crippen molar-refractivity contribution >= 4 is 11.9 Å². The third kappa shape index (κ3) is 6.29. The van der Waals surface area contributed by atoms with Crippen molar-refractivity contribution in [2.75, 3.05) is 7.11 Å². The summed E-state index contributed by atoms with van der Waals surface area (Å²) in [6.45, 7) is 0.234. The molecule has 36 heavy (non-hydrogen) atoms. The highest BCUT2D eigenvalue weighted by Gasteiger charge is 2.29. The maximum atomic E-state index is 13.9. The number of phenols is 1. The summed E-state index contributed by atoms with van der Waals surface area (Å²) in [5.74, 6) is -1.47. The van der Waals surface area contributed by atoms with Crippen LogP contribution in [-0.4, -0.2) is 35.1 Å². The Morgan fingerprint density at radius 1 is 1.08 bits per heavy atom. The lowest BCUT2D eigenvalue weighted by Crippen LogP contribution is -2.39. The first-order valence-electron chi connectivity index (χ1n) is 11.6. The molecule has 0 radical (unpaired) electrons. The van der Waals surface area contributed by atoms with Gasteiger partial charge >= 0.3 is 5.97 Å². The van der Waals surface area contributed by atoms with E-state index in [9.17, 15) is 19.1 Å². The predicted molar refractivity (Wildman–Crippen MR) is 128 cm³/mol. The molecule has 1 aliphatic carbocycles. The number of hydrogen-bond donors (Lipinski definition) is 2. The van der Waals surface area contributed by atoms with E-state index in [0.29, 0.717) is 25.7 Å². The number of carbonyl (C=O) groups is 2. The van der Waals surface area contributed by atoms with E-state index in [0.717, 1.165) is 17.8 Å². The highest BCUT2D eigenvalue weighted by molar-refractivity contribution is 5.96. The average Bonchev–Trinajstić information content (AvgIpc) is 2.89. The van der Waals surface area contributed by atoms with Crippen LogP contribution in [-0.2, 0) is 16.1 Å². The minimum atomic E-state index is -0.685. The van der Waals surface area contributed by atoms with Crippen molar-refractivity contribution in [3.05, 3.63) is 77.7 Å². The molecule has 1 heterocycles. The molecule has 1 saturated carbocycles. The summed E-state index contributed by atoms with van der Waals surface area (Å²) in [5.41, 5.74) is 0.855. The number of aromatic hydroxyl groups is 1. The number of esters is 1. The van der Waals surface area contributed by atoms with Gasteiger partial charge in [-0.3, -0.25) is 9.59 Å². The Labute approximate surface area is 208 Å². The number of ether oxygens (including phenoxy) is 3. The van der Waals surface area contributed by atoms with Gasteiger partial charge in [-0.25, -0.2) is 9.37 Å². The zero-order chi connectivity index (χ0) is 25.5. The van der Waals surface area contributed by atoms with E-state index in [1.54, 1.807) is 0 Å². The number of methoxy groups -OCH3 is 1. The Hall–Kier alpha value is -4.14. The van der Waals surface area contributed by atoms with Crippen LogP contribution in [0.3, 0.4) is 0 Å². The first kappa shape index (κ1) is 25.0. The fourth-order valence-electron chi connectivity index (χ4n) is 4.10. The number of carbonyl (C=O) groups excluding carboxylic acids is 2. The third-order valence-electron chi connectivity index (χ3n) is 6.05. The molecule has 0 saturated heterocycles. The summed E-state index contributed by atoms with van der Waals surface area (Å²) in [4.78, 5) is 29.3. The van der Waals surface area contributed by atoms with E-state index in [1.807, 2.05) is 30.3 Å². The Balaban J connectivity index is 1.33. The second-order valence-electron chi connectivity index (χ2n) is 8.56. The summed E-state index contributed by atoms with van der Waals surface area (Å²) < 4.78 is 30.0. The van der Waals surface area contributed by atoms with Crippen molar-refractivity contribution in [1.82, 2.24) is 10.3 Å². The van der Waals surface area contributed by atoms with Gasteiger partial charge < -0.3 is 24.6 Å². The topological polar surface area (TPSA) is 107 Å². The highest BCUT2D eigenvalue weighted by atomic mass is 19.1. The van der Waals surface area contributed by atoms with Crippen LogP contribution in [0.15, 0.2) is 60.8 Å². The maximum Gasteiger partial charge on any atom is 0.309 e. The van der Waals surface area contributed by atoms with Crippen molar-refractivity contribution in [2.24, 2.45) is 5.92 Å². The molecule has 9 heteroatoms. The molecule has 0 bridgehead atoms. The number of amides is 1. The van der Waals surface area contributed by atoms with E-state index >= 15 is 0 Å². The number of pyridine rings is 1. The quantitative estimate of drug-likeness (QED) is 0.435. The predicted octanol–water partition coefficient (Wildman–Crippen LogP) is 4.76. The zero-order valence-corrected chi connectivity index (χ0v) is 19.8. The molecule has 0 aliphatic heterocycles. The molecule has 2 aromatic carbocycles. The average molecular weight is 495 g/mol. The summed E-state index contributed by atoms with van der Waals surface area (Å²) >= 11 is 0. The van der Waals surface area contributed by atoms with Crippen molar-refractivity contribution in [1.29, 1.82) is 0 Å². The first-order valence-corrected chi connectivity index (χ1v) is 11.6. The van der Waals surface area contributed by atoms with E-state index < -0.39 is 11.7 Å². The number of rotatable bonds is 8. The van der Waals surface area contributed by atoms with Gasteiger partial charge in [-0.05, 0) is 49.4 Å². The fraction of sp³-hybridized carbons (Fsp3) is 0.296. The number of phenolic OH excluding ortho intramolecular Hbond substituents is 1. The molecule has 1 aromatic heterocycles. The Morgan fingerprint density at radius 3 is 2.53 bits per heavy atom. The van der Waals surface area contributed by atoms with Gasteiger partial charge in [-0.15, -0.1) is 0 Å². The van der Waals surface area contributed by atoms with E-state index in [-0.39, 0.29) is 53.2 Å². The van der Waals surface area contributed by atoms with Crippen LogP contribution in [0.5, 0.6) is 23.1 Å². The molecular weight excluding hydrogens is 467 g/mol. The van der Waals surface area contributed by atoms with Crippen LogP contribution >= 0.6 is 0 Å². The standard InChI is InChI=1S/C27H27FN2O6/c1-34-24-12-11-21(14-23(24)31)36-26-22(13-19(28)15-29-26)25(32)30-20-9-7-18(8-10-20)27(33)35-16-17-5-3-2-4-6-17/h2-6,11-15,18,20,31H,7-10,16H2,1H3,(H,30,32). The molecular formula is C27H27FN2O6. The minimum absolute atomic E-state index is 0.0743. The minimum Gasteiger partial charge on any atom is -0.504 e.